The van der Waals surface area contributed by atoms with Gasteiger partial charge in [-0.3, -0.25) is 14.5 Å². The second kappa shape index (κ2) is 7.13. The minimum Gasteiger partial charge on any atom is -0.469 e. The molecule has 2 atom stereocenters. The number of nitrogens with zero attached hydrogens (tertiary/aromatic N) is 2. The monoisotopic (exact) mass is 316 g/mol. The molecular weight excluding hydrogens is 292 g/mol. The van der Waals surface area contributed by atoms with Gasteiger partial charge in [0.1, 0.15) is 0 Å². The molecule has 0 saturated carbocycles. The molecule has 1 amide bonds. The summed E-state index contributed by atoms with van der Waals surface area (Å²) in [5, 5.41) is 0. The van der Waals surface area contributed by atoms with Crippen molar-refractivity contribution in [1.29, 1.82) is 0 Å². The van der Waals surface area contributed by atoms with Crippen molar-refractivity contribution in [1.82, 2.24) is 9.80 Å². The van der Waals surface area contributed by atoms with Crippen LogP contribution in [0.5, 0.6) is 0 Å². The van der Waals surface area contributed by atoms with E-state index in [1.54, 1.807) is 0 Å². The van der Waals surface area contributed by atoms with Crippen molar-refractivity contribution in [2.75, 3.05) is 33.3 Å². The zero-order chi connectivity index (χ0) is 16.2. The Morgan fingerprint density at radius 1 is 1.26 bits per heavy atom. The molecule has 0 bridgehead atoms. The van der Waals surface area contributed by atoms with E-state index in [-0.39, 0.29) is 17.8 Å². The molecule has 124 valence electrons. The van der Waals surface area contributed by atoms with Crippen LogP contribution in [0.4, 0.5) is 0 Å². The zero-order valence-electron chi connectivity index (χ0n) is 13.6. The summed E-state index contributed by atoms with van der Waals surface area (Å²) in [6.07, 6.45) is 1.41. The van der Waals surface area contributed by atoms with E-state index in [9.17, 15) is 9.59 Å². The normalized spacial score (nSPS) is 25.1. The van der Waals surface area contributed by atoms with Crippen LogP contribution in [0.3, 0.4) is 0 Å². The van der Waals surface area contributed by atoms with Gasteiger partial charge in [0.15, 0.2) is 0 Å². The van der Waals surface area contributed by atoms with E-state index < -0.39 is 0 Å². The highest BCUT2D eigenvalue weighted by atomic mass is 16.5. The van der Waals surface area contributed by atoms with Gasteiger partial charge in [-0.1, -0.05) is 30.3 Å². The second-order valence-electron chi connectivity index (χ2n) is 6.60. The molecule has 1 aromatic carbocycles. The highest BCUT2D eigenvalue weighted by molar-refractivity contribution is 5.86. The lowest BCUT2D eigenvalue weighted by Crippen LogP contribution is -2.33. The van der Waals surface area contributed by atoms with Gasteiger partial charge in [0.05, 0.1) is 13.0 Å². The van der Waals surface area contributed by atoms with E-state index >= 15 is 0 Å². The number of methoxy groups -OCH3 is 1. The Labute approximate surface area is 137 Å². The van der Waals surface area contributed by atoms with E-state index in [0.29, 0.717) is 18.9 Å². The predicted octanol–water partition coefficient (Wildman–Crippen LogP) is 1.53. The summed E-state index contributed by atoms with van der Waals surface area (Å²) in [4.78, 5) is 27.9. The Hall–Kier alpha value is -1.88. The first-order valence-corrected chi connectivity index (χ1v) is 8.27. The van der Waals surface area contributed by atoms with Gasteiger partial charge in [0, 0.05) is 32.6 Å². The number of amides is 1. The van der Waals surface area contributed by atoms with Crippen molar-refractivity contribution >= 4 is 11.9 Å². The van der Waals surface area contributed by atoms with Crippen LogP contribution in [0.2, 0.25) is 0 Å². The van der Waals surface area contributed by atoms with Gasteiger partial charge in [0.25, 0.3) is 0 Å². The number of hydrogen-bond acceptors (Lipinski definition) is 4. The molecule has 5 nitrogen and oxygen atoms in total. The Morgan fingerprint density at radius 3 is 2.78 bits per heavy atom. The first-order chi connectivity index (χ1) is 11.2. The van der Waals surface area contributed by atoms with Crippen molar-refractivity contribution < 1.29 is 14.3 Å². The predicted molar refractivity (Wildman–Crippen MR) is 86.5 cm³/mol. The fourth-order valence-corrected chi connectivity index (χ4v) is 3.63. The molecule has 23 heavy (non-hydrogen) atoms. The summed E-state index contributed by atoms with van der Waals surface area (Å²) in [7, 11) is 1.38. The van der Waals surface area contributed by atoms with Crippen LogP contribution < -0.4 is 0 Å². The Morgan fingerprint density at radius 2 is 2.04 bits per heavy atom. The van der Waals surface area contributed by atoms with Gasteiger partial charge in [-0.2, -0.15) is 0 Å². The highest BCUT2D eigenvalue weighted by Crippen LogP contribution is 2.24. The highest BCUT2D eigenvalue weighted by Gasteiger charge is 2.36. The lowest BCUT2D eigenvalue weighted by Gasteiger charge is -2.21. The van der Waals surface area contributed by atoms with Crippen LogP contribution in [0.25, 0.3) is 0 Å². The van der Waals surface area contributed by atoms with Crippen molar-refractivity contribution in [3.63, 3.8) is 0 Å². The molecule has 2 unspecified atom stereocenters. The average Bonchev–Trinajstić information content (AvgIpc) is 3.15. The van der Waals surface area contributed by atoms with Gasteiger partial charge < -0.3 is 9.64 Å². The van der Waals surface area contributed by atoms with Crippen LogP contribution in [-0.4, -0.2) is 55.0 Å². The molecule has 0 aliphatic carbocycles. The maximum atomic E-state index is 12.1. The summed E-state index contributed by atoms with van der Waals surface area (Å²) >= 11 is 0. The summed E-state index contributed by atoms with van der Waals surface area (Å²) < 4.78 is 4.76. The third kappa shape index (κ3) is 3.91. The molecule has 2 aliphatic heterocycles. The lowest BCUT2D eigenvalue weighted by molar-refractivity contribution is -0.145. The number of carbonyl (C=O) groups excluding carboxylic acids is 2. The first-order valence-electron chi connectivity index (χ1n) is 8.27. The molecule has 3 rings (SSSR count). The van der Waals surface area contributed by atoms with Gasteiger partial charge in [-0.25, -0.2) is 0 Å². The standard InChI is InChI=1S/C18H24N2O3/c1-23-18(22)16-9-17(21)20(13-16)12-15-7-8-19(11-15)10-14-5-3-2-4-6-14/h2-6,15-16H,7-13H2,1H3. The summed E-state index contributed by atoms with van der Waals surface area (Å²) in [6, 6.07) is 10.5. The van der Waals surface area contributed by atoms with Crippen LogP contribution in [0.15, 0.2) is 30.3 Å². The van der Waals surface area contributed by atoms with Crippen molar-refractivity contribution in [2.45, 2.75) is 19.4 Å². The number of likely N-dealkylation sites (tertiary alicyclic amines) is 2. The van der Waals surface area contributed by atoms with Crippen LogP contribution in [0.1, 0.15) is 18.4 Å². The fraction of sp³-hybridized carbons (Fsp3) is 0.556. The summed E-state index contributed by atoms with van der Waals surface area (Å²) in [6.45, 7) is 4.33. The molecule has 2 aliphatic rings. The molecule has 2 heterocycles. The Bertz CT molecular complexity index is 561. The first kappa shape index (κ1) is 16.0. The molecule has 0 spiro atoms. The Balaban J connectivity index is 1.48. The number of benzene rings is 1. The maximum absolute atomic E-state index is 12.1. The van der Waals surface area contributed by atoms with Crippen LogP contribution in [-0.2, 0) is 20.9 Å². The van der Waals surface area contributed by atoms with Crippen molar-refractivity contribution in [3.8, 4) is 0 Å². The molecule has 2 fully saturated rings. The van der Waals surface area contributed by atoms with E-state index in [2.05, 4.69) is 29.2 Å². The smallest absolute Gasteiger partial charge is 0.310 e. The van der Waals surface area contributed by atoms with E-state index in [1.165, 1.54) is 12.7 Å². The third-order valence-corrected chi connectivity index (χ3v) is 4.85. The number of esters is 1. The molecule has 1 aromatic rings. The van der Waals surface area contributed by atoms with E-state index in [4.69, 9.17) is 4.74 Å². The number of rotatable bonds is 5. The van der Waals surface area contributed by atoms with Crippen molar-refractivity contribution in [3.05, 3.63) is 35.9 Å². The third-order valence-electron chi connectivity index (χ3n) is 4.85. The molecule has 2 saturated heterocycles. The number of carbonyl (C=O) groups is 2. The minimum atomic E-state index is -0.283. The summed E-state index contributed by atoms with van der Waals surface area (Å²) in [5.74, 6) is 0.0354. The van der Waals surface area contributed by atoms with E-state index in [0.717, 1.165) is 32.6 Å². The minimum absolute atomic E-state index is 0.0851. The van der Waals surface area contributed by atoms with Crippen LogP contribution >= 0.6 is 0 Å². The topological polar surface area (TPSA) is 49.9 Å². The number of ether oxygens (including phenoxy) is 1. The second-order valence-corrected chi connectivity index (χ2v) is 6.60. The van der Waals surface area contributed by atoms with E-state index in [1.807, 2.05) is 11.0 Å². The number of hydrogen-bond donors (Lipinski definition) is 0. The molecule has 5 heteroatoms. The quantitative estimate of drug-likeness (QED) is 0.773. The largest absolute Gasteiger partial charge is 0.469 e. The fourth-order valence-electron chi connectivity index (χ4n) is 3.63. The van der Waals surface area contributed by atoms with Crippen LogP contribution in [0, 0.1) is 11.8 Å². The SMILES string of the molecule is COC(=O)C1CC(=O)N(CC2CCN(Cc3ccccc3)C2)C1. The summed E-state index contributed by atoms with van der Waals surface area (Å²) in [5.41, 5.74) is 1.33. The van der Waals surface area contributed by atoms with Gasteiger partial charge in [0.2, 0.25) is 5.91 Å². The maximum Gasteiger partial charge on any atom is 0.310 e. The van der Waals surface area contributed by atoms with Gasteiger partial charge >= 0.3 is 5.97 Å². The zero-order valence-corrected chi connectivity index (χ0v) is 13.6. The molecule has 0 aromatic heterocycles. The average molecular weight is 316 g/mol. The van der Waals surface area contributed by atoms with Gasteiger partial charge in [-0.05, 0) is 24.4 Å². The Kier molecular flexibility index (Phi) is 4.96. The van der Waals surface area contributed by atoms with Crippen molar-refractivity contribution in [2.24, 2.45) is 11.8 Å². The molecular formula is C18H24N2O3. The molecule has 0 radical (unpaired) electrons. The lowest BCUT2D eigenvalue weighted by atomic mass is 10.1. The molecule has 0 N–H and O–H groups in total. The van der Waals surface area contributed by atoms with Gasteiger partial charge in [-0.15, -0.1) is 0 Å².